The Morgan fingerprint density at radius 2 is 1.95 bits per heavy atom. The molecule has 0 spiro atoms. The van der Waals surface area contributed by atoms with Crippen LogP contribution < -0.4 is 0 Å². The smallest absolute Gasteiger partial charge is 0.320 e. The summed E-state index contributed by atoms with van der Waals surface area (Å²) in [6.45, 7) is 1.68. The minimum Gasteiger partial charge on any atom is -0.481 e. The molecule has 0 radical (unpaired) electrons. The lowest BCUT2D eigenvalue weighted by molar-refractivity contribution is -0.139. The standard InChI is InChI=1S/C12H20N2O5/c15-7-9-2-1-3-13(9)12(18)14-4-5-19-8-10(14)6-11(16)17/h9-10,15H,1-8H2,(H,16,17). The molecule has 7 heteroatoms. The first-order chi connectivity index (χ1) is 9.13. The van der Waals surface area contributed by atoms with Crippen molar-refractivity contribution >= 4 is 12.0 Å². The minimum absolute atomic E-state index is 0.0420. The first-order valence-electron chi connectivity index (χ1n) is 6.61. The van der Waals surface area contributed by atoms with Crippen LogP contribution in [0.15, 0.2) is 0 Å². The van der Waals surface area contributed by atoms with Crippen LogP contribution in [0.1, 0.15) is 19.3 Å². The maximum Gasteiger partial charge on any atom is 0.320 e. The van der Waals surface area contributed by atoms with Crippen LogP contribution in [0.25, 0.3) is 0 Å². The number of carboxylic acids is 1. The Kier molecular flexibility index (Phi) is 4.60. The summed E-state index contributed by atoms with van der Waals surface area (Å²) in [5.41, 5.74) is 0. The van der Waals surface area contributed by atoms with E-state index in [1.54, 1.807) is 9.80 Å². The van der Waals surface area contributed by atoms with Crippen LogP contribution in [0.5, 0.6) is 0 Å². The molecule has 0 aromatic carbocycles. The van der Waals surface area contributed by atoms with Gasteiger partial charge in [-0.25, -0.2) is 4.79 Å². The van der Waals surface area contributed by atoms with Gasteiger partial charge in [0.25, 0.3) is 0 Å². The van der Waals surface area contributed by atoms with Crippen molar-refractivity contribution in [2.45, 2.75) is 31.3 Å². The zero-order valence-corrected chi connectivity index (χ0v) is 10.8. The van der Waals surface area contributed by atoms with Crippen molar-refractivity contribution in [1.29, 1.82) is 0 Å². The molecule has 19 heavy (non-hydrogen) atoms. The molecular formula is C12H20N2O5. The van der Waals surface area contributed by atoms with E-state index in [-0.39, 0.29) is 31.7 Å². The van der Waals surface area contributed by atoms with E-state index < -0.39 is 12.0 Å². The van der Waals surface area contributed by atoms with Crippen molar-refractivity contribution in [3.8, 4) is 0 Å². The number of aliphatic hydroxyl groups excluding tert-OH is 1. The molecule has 2 aliphatic rings. The Labute approximate surface area is 111 Å². The van der Waals surface area contributed by atoms with Gasteiger partial charge in [0.05, 0.1) is 38.3 Å². The van der Waals surface area contributed by atoms with Crippen LogP contribution in [-0.4, -0.2) is 77.0 Å². The van der Waals surface area contributed by atoms with Gasteiger partial charge < -0.3 is 24.7 Å². The summed E-state index contributed by atoms with van der Waals surface area (Å²) in [5.74, 6) is -0.937. The summed E-state index contributed by atoms with van der Waals surface area (Å²) in [6, 6.07) is -0.731. The van der Waals surface area contributed by atoms with Gasteiger partial charge in [0.2, 0.25) is 0 Å². The van der Waals surface area contributed by atoms with Gasteiger partial charge in [0.15, 0.2) is 0 Å². The van der Waals surface area contributed by atoms with Gasteiger partial charge in [-0.1, -0.05) is 0 Å². The van der Waals surface area contributed by atoms with Gasteiger partial charge in [0, 0.05) is 13.1 Å². The summed E-state index contributed by atoms with van der Waals surface area (Å²) in [6.07, 6.45) is 1.57. The molecule has 2 aliphatic heterocycles. The number of nitrogens with zero attached hydrogens (tertiary/aromatic N) is 2. The van der Waals surface area contributed by atoms with E-state index in [1.165, 1.54) is 0 Å². The number of aliphatic carboxylic acids is 1. The predicted octanol–water partition coefficient (Wildman–Crippen LogP) is -0.261. The first-order valence-corrected chi connectivity index (χ1v) is 6.61. The maximum absolute atomic E-state index is 12.5. The number of aliphatic hydroxyl groups is 1. The summed E-state index contributed by atoms with van der Waals surface area (Å²) >= 11 is 0. The maximum atomic E-state index is 12.5. The van der Waals surface area contributed by atoms with Crippen molar-refractivity contribution < 1.29 is 24.5 Å². The lowest BCUT2D eigenvalue weighted by Gasteiger charge is -2.38. The molecule has 0 saturated carbocycles. The number of hydrogen-bond acceptors (Lipinski definition) is 4. The SMILES string of the molecule is O=C(O)CC1COCCN1C(=O)N1CCCC1CO. The van der Waals surface area contributed by atoms with E-state index >= 15 is 0 Å². The average molecular weight is 272 g/mol. The quantitative estimate of drug-likeness (QED) is 0.738. The molecule has 0 aliphatic carbocycles. The van der Waals surface area contributed by atoms with Crippen molar-refractivity contribution in [3.05, 3.63) is 0 Å². The molecule has 2 saturated heterocycles. The number of urea groups is 1. The van der Waals surface area contributed by atoms with Gasteiger partial charge >= 0.3 is 12.0 Å². The van der Waals surface area contributed by atoms with Gasteiger partial charge in [-0.05, 0) is 12.8 Å². The van der Waals surface area contributed by atoms with Gasteiger partial charge in [-0.2, -0.15) is 0 Å². The van der Waals surface area contributed by atoms with E-state index in [2.05, 4.69) is 0 Å². The Morgan fingerprint density at radius 3 is 2.63 bits per heavy atom. The number of likely N-dealkylation sites (tertiary alicyclic amines) is 1. The molecule has 7 nitrogen and oxygen atoms in total. The van der Waals surface area contributed by atoms with E-state index in [0.717, 1.165) is 12.8 Å². The lowest BCUT2D eigenvalue weighted by Crippen LogP contribution is -2.55. The molecule has 2 N–H and O–H groups in total. The zero-order valence-electron chi connectivity index (χ0n) is 10.8. The van der Waals surface area contributed by atoms with Crippen molar-refractivity contribution in [2.24, 2.45) is 0 Å². The van der Waals surface area contributed by atoms with E-state index in [0.29, 0.717) is 19.7 Å². The molecule has 0 bridgehead atoms. The summed E-state index contributed by atoms with van der Waals surface area (Å²) in [7, 11) is 0. The lowest BCUT2D eigenvalue weighted by atomic mass is 10.1. The van der Waals surface area contributed by atoms with Crippen LogP contribution in [0.4, 0.5) is 4.79 Å². The zero-order chi connectivity index (χ0) is 13.8. The highest BCUT2D eigenvalue weighted by atomic mass is 16.5. The fraction of sp³-hybridized carbons (Fsp3) is 0.833. The molecular weight excluding hydrogens is 252 g/mol. The van der Waals surface area contributed by atoms with Crippen LogP contribution in [0.3, 0.4) is 0 Å². The summed E-state index contributed by atoms with van der Waals surface area (Å²) < 4.78 is 5.25. The molecule has 0 aromatic rings. The van der Waals surface area contributed by atoms with Crippen LogP contribution in [-0.2, 0) is 9.53 Å². The topological polar surface area (TPSA) is 90.3 Å². The molecule has 2 amide bonds. The molecule has 2 heterocycles. The number of hydrogen-bond donors (Lipinski definition) is 2. The number of carbonyl (C=O) groups is 2. The molecule has 0 aromatic heterocycles. The van der Waals surface area contributed by atoms with Crippen LogP contribution in [0.2, 0.25) is 0 Å². The van der Waals surface area contributed by atoms with E-state index in [9.17, 15) is 14.7 Å². The Balaban J connectivity index is 2.04. The predicted molar refractivity (Wildman–Crippen MR) is 65.8 cm³/mol. The number of carboxylic acid groups (broad SMARTS) is 1. The Bertz CT molecular complexity index is 349. The second kappa shape index (κ2) is 6.21. The van der Waals surface area contributed by atoms with Crippen LogP contribution >= 0.6 is 0 Å². The van der Waals surface area contributed by atoms with Gasteiger partial charge in [-0.15, -0.1) is 0 Å². The fourth-order valence-electron chi connectivity index (χ4n) is 2.72. The normalized spacial score (nSPS) is 27.6. The van der Waals surface area contributed by atoms with Crippen molar-refractivity contribution in [1.82, 2.24) is 9.80 Å². The van der Waals surface area contributed by atoms with Gasteiger partial charge in [-0.3, -0.25) is 4.79 Å². The third-order valence-corrected chi connectivity index (χ3v) is 3.72. The average Bonchev–Trinajstić information content (AvgIpc) is 2.86. The fourth-order valence-corrected chi connectivity index (χ4v) is 2.72. The molecule has 2 rings (SSSR count). The van der Waals surface area contributed by atoms with Crippen molar-refractivity contribution in [2.75, 3.05) is 32.9 Å². The molecule has 2 unspecified atom stereocenters. The molecule has 108 valence electrons. The highest BCUT2D eigenvalue weighted by molar-refractivity contribution is 5.77. The molecule has 2 atom stereocenters. The van der Waals surface area contributed by atoms with Crippen LogP contribution in [0, 0.1) is 0 Å². The number of amides is 2. The highest BCUT2D eigenvalue weighted by Crippen LogP contribution is 2.21. The molecule has 2 fully saturated rings. The second-order valence-electron chi connectivity index (χ2n) is 4.97. The monoisotopic (exact) mass is 272 g/mol. The third-order valence-electron chi connectivity index (χ3n) is 3.72. The summed E-state index contributed by atoms with van der Waals surface area (Å²) in [5, 5.41) is 18.1. The van der Waals surface area contributed by atoms with Gasteiger partial charge in [0.1, 0.15) is 0 Å². The first kappa shape index (κ1) is 14.1. The number of ether oxygens (including phenoxy) is 1. The number of morpholine rings is 1. The highest BCUT2D eigenvalue weighted by Gasteiger charge is 2.36. The van der Waals surface area contributed by atoms with E-state index in [1.807, 2.05) is 0 Å². The Morgan fingerprint density at radius 1 is 1.21 bits per heavy atom. The largest absolute Gasteiger partial charge is 0.481 e. The minimum atomic E-state index is -0.937. The van der Waals surface area contributed by atoms with E-state index in [4.69, 9.17) is 9.84 Å². The number of carbonyl (C=O) groups excluding carboxylic acids is 1. The second-order valence-corrected chi connectivity index (χ2v) is 4.97. The third kappa shape index (κ3) is 3.16. The summed E-state index contributed by atoms with van der Waals surface area (Å²) in [4.78, 5) is 26.5. The number of rotatable bonds is 3. The van der Waals surface area contributed by atoms with Crippen molar-refractivity contribution in [3.63, 3.8) is 0 Å². The Hall–Kier alpha value is -1.34.